The van der Waals surface area contributed by atoms with Crippen molar-refractivity contribution < 1.29 is 14.6 Å². The molecule has 2 rings (SSSR count). The Kier molecular flexibility index (Phi) is 3.63. The molecule has 1 unspecified atom stereocenters. The number of aromatic hydroxyl groups is 1. The summed E-state index contributed by atoms with van der Waals surface area (Å²) in [7, 11) is 1.59. The van der Waals surface area contributed by atoms with Gasteiger partial charge in [0.15, 0.2) is 0 Å². The number of phenolic OH excluding ortho intramolecular Hbond substituents is 1. The van der Waals surface area contributed by atoms with Crippen molar-refractivity contribution in [2.24, 2.45) is 0 Å². The van der Waals surface area contributed by atoms with Crippen molar-refractivity contribution in [3.05, 3.63) is 59.7 Å². The quantitative estimate of drug-likeness (QED) is 0.838. The van der Waals surface area contributed by atoms with E-state index in [0.717, 1.165) is 23.2 Å². The van der Waals surface area contributed by atoms with E-state index in [-0.39, 0.29) is 11.7 Å². The second-order valence-corrected chi connectivity index (χ2v) is 3.98. The number of rotatable bonds is 4. The first-order valence-electron chi connectivity index (χ1n) is 5.63. The molecule has 0 aliphatic carbocycles. The standard InChI is InChI=1S/C15H14O3/c1-18-14-4-2-3-12(9-14)15(10-16)11-5-7-13(17)8-6-11/h2-10,15,17H,1H3. The zero-order chi connectivity index (χ0) is 13.0. The molecule has 0 fully saturated rings. The van der Waals surface area contributed by atoms with E-state index in [0.29, 0.717) is 0 Å². The van der Waals surface area contributed by atoms with Crippen LogP contribution in [0.25, 0.3) is 0 Å². The fraction of sp³-hybridized carbons (Fsp3) is 0.133. The molecule has 0 amide bonds. The Morgan fingerprint density at radius 3 is 2.44 bits per heavy atom. The Hall–Kier alpha value is -2.29. The molecule has 0 aliphatic heterocycles. The molecule has 0 aromatic heterocycles. The van der Waals surface area contributed by atoms with Crippen LogP contribution >= 0.6 is 0 Å². The molecule has 0 spiro atoms. The fourth-order valence-electron chi connectivity index (χ4n) is 1.87. The monoisotopic (exact) mass is 242 g/mol. The minimum absolute atomic E-state index is 0.189. The Morgan fingerprint density at radius 1 is 1.11 bits per heavy atom. The third-order valence-corrected chi connectivity index (χ3v) is 2.84. The van der Waals surface area contributed by atoms with Crippen LogP contribution in [0, 0.1) is 0 Å². The van der Waals surface area contributed by atoms with Crippen LogP contribution in [-0.4, -0.2) is 18.5 Å². The van der Waals surface area contributed by atoms with Crippen LogP contribution in [0.1, 0.15) is 17.0 Å². The number of carbonyl (C=O) groups excluding carboxylic acids is 1. The summed E-state index contributed by atoms with van der Waals surface area (Å²) < 4.78 is 5.15. The summed E-state index contributed by atoms with van der Waals surface area (Å²) in [6.45, 7) is 0. The second kappa shape index (κ2) is 5.36. The van der Waals surface area contributed by atoms with E-state index in [4.69, 9.17) is 4.74 Å². The summed E-state index contributed by atoms with van der Waals surface area (Å²) >= 11 is 0. The van der Waals surface area contributed by atoms with Crippen molar-refractivity contribution in [2.45, 2.75) is 5.92 Å². The van der Waals surface area contributed by atoms with Crippen molar-refractivity contribution in [1.82, 2.24) is 0 Å². The minimum Gasteiger partial charge on any atom is -0.508 e. The normalized spacial score (nSPS) is 11.8. The first kappa shape index (κ1) is 12.2. The summed E-state index contributed by atoms with van der Waals surface area (Å²) in [6, 6.07) is 14.0. The molecule has 0 saturated carbocycles. The highest BCUT2D eigenvalue weighted by molar-refractivity contribution is 5.68. The van der Waals surface area contributed by atoms with Crippen LogP contribution in [0.3, 0.4) is 0 Å². The topological polar surface area (TPSA) is 46.5 Å². The molecule has 3 nitrogen and oxygen atoms in total. The number of ether oxygens (including phenoxy) is 1. The van der Waals surface area contributed by atoms with Crippen LogP contribution in [0.5, 0.6) is 11.5 Å². The van der Waals surface area contributed by atoms with Crippen molar-refractivity contribution in [2.75, 3.05) is 7.11 Å². The Morgan fingerprint density at radius 2 is 1.83 bits per heavy atom. The van der Waals surface area contributed by atoms with E-state index in [1.807, 2.05) is 24.3 Å². The van der Waals surface area contributed by atoms with Gasteiger partial charge in [0.05, 0.1) is 13.0 Å². The fourth-order valence-corrected chi connectivity index (χ4v) is 1.87. The molecule has 2 aromatic carbocycles. The Bertz CT molecular complexity index is 532. The lowest BCUT2D eigenvalue weighted by Gasteiger charge is -2.12. The zero-order valence-corrected chi connectivity index (χ0v) is 10.0. The first-order chi connectivity index (χ1) is 8.74. The molecular weight excluding hydrogens is 228 g/mol. The highest BCUT2D eigenvalue weighted by Gasteiger charge is 2.13. The van der Waals surface area contributed by atoms with Crippen LogP contribution < -0.4 is 4.74 Å². The van der Waals surface area contributed by atoms with Gasteiger partial charge in [0, 0.05) is 0 Å². The van der Waals surface area contributed by atoms with E-state index in [1.54, 1.807) is 31.4 Å². The molecule has 92 valence electrons. The lowest BCUT2D eigenvalue weighted by Crippen LogP contribution is -2.02. The van der Waals surface area contributed by atoms with Gasteiger partial charge in [-0.25, -0.2) is 0 Å². The van der Waals surface area contributed by atoms with Gasteiger partial charge < -0.3 is 14.6 Å². The van der Waals surface area contributed by atoms with Gasteiger partial charge in [0.1, 0.15) is 17.8 Å². The van der Waals surface area contributed by atoms with Gasteiger partial charge in [-0.3, -0.25) is 0 Å². The Balaban J connectivity index is 2.38. The van der Waals surface area contributed by atoms with E-state index >= 15 is 0 Å². The molecule has 2 aromatic rings. The lowest BCUT2D eigenvalue weighted by atomic mass is 9.92. The van der Waals surface area contributed by atoms with Gasteiger partial charge in [0.25, 0.3) is 0 Å². The first-order valence-corrected chi connectivity index (χ1v) is 5.63. The van der Waals surface area contributed by atoms with Crippen LogP contribution in [0.15, 0.2) is 48.5 Å². The average molecular weight is 242 g/mol. The maximum Gasteiger partial charge on any atom is 0.131 e. The summed E-state index contributed by atoms with van der Waals surface area (Å²) in [5.74, 6) is 0.563. The third kappa shape index (κ3) is 2.51. The van der Waals surface area contributed by atoms with Crippen molar-refractivity contribution in [3.8, 4) is 11.5 Å². The number of phenols is 1. The summed E-state index contributed by atoms with van der Waals surface area (Å²) in [5, 5.41) is 9.26. The average Bonchev–Trinajstić information content (AvgIpc) is 2.42. The molecule has 0 aliphatic rings. The molecule has 0 radical (unpaired) electrons. The van der Waals surface area contributed by atoms with Gasteiger partial charge >= 0.3 is 0 Å². The molecule has 0 heterocycles. The highest BCUT2D eigenvalue weighted by atomic mass is 16.5. The van der Waals surface area contributed by atoms with Gasteiger partial charge in [0.2, 0.25) is 0 Å². The molecule has 1 atom stereocenters. The van der Waals surface area contributed by atoms with Crippen LogP contribution in [0.4, 0.5) is 0 Å². The predicted octanol–water partition coefficient (Wildman–Crippen LogP) is 2.73. The van der Waals surface area contributed by atoms with Gasteiger partial charge in [-0.1, -0.05) is 24.3 Å². The number of carbonyl (C=O) groups is 1. The van der Waals surface area contributed by atoms with E-state index in [9.17, 15) is 9.90 Å². The molecule has 0 bridgehead atoms. The van der Waals surface area contributed by atoms with Gasteiger partial charge in [-0.2, -0.15) is 0 Å². The predicted molar refractivity (Wildman–Crippen MR) is 69.0 cm³/mol. The lowest BCUT2D eigenvalue weighted by molar-refractivity contribution is -0.108. The molecule has 3 heteroatoms. The maximum absolute atomic E-state index is 11.3. The molecule has 1 N–H and O–H groups in total. The molecule has 18 heavy (non-hydrogen) atoms. The highest BCUT2D eigenvalue weighted by Crippen LogP contribution is 2.26. The van der Waals surface area contributed by atoms with Crippen LogP contribution in [0.2, 0.25) is 0 Å². The smallest absolute Gasteiger partial charge is 0.131 e. The van der Waals surface area contributed by atoms with Crippen molar-refractivity contribution in [1.29, 1.82) is 0 Å². The van der Waals surface area contributed by atoms with E-state index in [2.05, 4.69) is 0 Å². The second-order valence-electron chi connectivity index (χ2n) is 3.98. The number of methoxy groups -OCH3 is 1. The minimum atomic E-state index is -0.347. The Labute approximate surface area is 106 Å². The van der Waals surface area contributed by atoms with E-state index < -0.39 is 0 Å². The van der Waals surface area contributed by atoms with Gasteiger partial charge in [-0.05, 0) is 35.4 Å². The van der Waals surface area contributed by atoms with Gasteiger partial charge in [-0.15, -0.1) is 0 Å². The number of aldehydes is 1. The summed E-state index contributed by atoms with van der Waals surface area (Å²) in [5.41, 5.74) is 1.71. The van der Waals surface area contributed by atoms with Crippen molar-refractivity contribution >= 4 is 6.29 Å². The third-order valence-electron chi connectivity index (χ3n) is 2.84. The van der Waals surface area contributed by atoms with Crippen LogP contribution in [-0.2, 0) is 4.79 Å². The number of hydrogen-bond acceptors (Lipinski definition) is 3. The summed E-state index contributed by atoms with van der Waals surface area (Å²) in [4.78, 5) is 11.3. The zero-order valence-electron chi connectivity index (χ0n) is 10.0. The number of benzene rings is 2. The summed E-state index contributed by atoms with van der Waals surface area (Å²) in [6.07, 6.45) is 0.890. The largest absolute Gasteiger partial charge is 0.508 e. The molecular formula is C15H14O3. The molecule has 0 saturated heterocycles. The van der Waals surface area contributed by atoms with Crippen molar-refractivity contribution in [3.63, 3.8) is 0 Å². The maximum atomic E-state index is 11.3. The van der Waals surface area contributed by atoms with E-state index in [1.165, 1.54) is 0 Å². The SMILES string of the molecule is COc1cccc(C(C=O)c2ccc(O)cc2)c1. The number of hydrogen-bond donors (Lipinski definition) is 1.